The van der Waals surface area contributed by atoms with E-state index in [1.165, 1.54) is 32.1 Å². The van der Waals surface area contributed by atoms with Crippen molar-refractivity contribution in [1.82, 2.24) is 10.6 Å². The molecule has 1 heterocycles. The molecule has 2 rings (SSSR count). The highest BCUT2D eigenvalue weighted by molar-refractivity contribution is 5.85. The highest BCUT2D eigenvalue weighted by atomic mass is 35.5. The first kappa shape index (κ1) is 13.8. The highest BCUT2D eigenvalue weighted by Gasteiger charge is 2.28. The number of amides is 1. The first-order chi connectivity index (χ1) is 7.27. The first-order valence-electron chi connectivity index (χ1n) is 6.28. The summed E-state index contributed by atoms with van der Waals surface area (Å²) in [5.41, 5.74) is 0. The summed E-state index contributed by atoms with van der Waals surface area (Å²) in [6, 6.07) is 0.374. The molecule has 94 valence electrons. The zero-order chi connectivity index (χ0) is 10.7. The Morgan fingerprint density at radius 2 is 1.88 bits per heavy atom. The lowest BCUT2D eigenvalue weighted by Gasteiger charge is -2.32. The molecule has 0 spiro atoms. The molecule has 1 aliphatic heterocycles. The number of hydrogen-bond donors (Lipinski definition) is 2. The van der Waals surface area contributed by atoms with Crippen LogP contribution in [0.15, 0.2) is 0 Å². The van der Waals surface area contributed by atoms with Crippen LogP contribution in [-0.4, -0.2) is 25.0 Å². The van der Waals surface area contributed by atoms with Crippen molar-refractivity contribution in [1.29, 1.82) is 0 Å². The lowest BCUT2D eigenvalue weighted by atomic mass is 9.84. The van der Waals surface area contributed by atoms with Crippen molar-refractivity contribution < 1.29 is 4.79 Å². The molecule has 0 radical (unpaired) electrons. The second-order valence-corrected chi connectivity index (χ2v) is 5.05. The van der Waals surface area contributed by atoms with Gasteiger partial charge in [0, 0.05) is 19.1 Å². The van der Waals surface area contributed by atoms with Crippen molar-refractivity contribution in [3.8, 4) is 0 Å². The van der Waals surface area contributed by atoms with Gasteiger partial charge in [-0.05, 0) is 25.7 Å². The molecule has 0 aromatic carbocycles. The molecule has 1 saturated carbocycles. The van der Waals surface area contributed by atoms with E-state index in [0.717, 1.165) is 19.0 Å². The number of carbonyl (C=O) groups excluding carboxylic acids is 1. The number of carbonyl (C=O) groups is 1. The van der Waals surface area contributed by atoms with Gasteiger partial charge in [-0.2, -0.15) is 0 Å². The predicted molar refractivity (Wildman–Crippen MR) is 67.8 cm³/mol. The van der Waals surface area contributed by atoms with E-state index in [-0.39, 0.29) is 24.2 Å². The van der Waals surface area contributed by atoms with Crippen LogP contribution in [0.5, 0.6) is 0 Å². The Bertz CT molecular complexity index is 225. The standard InChI is InChI=1S/C12H22N2O.ClH/c1-9(10-5-3-2-4-6-10)14-12(15)11-7-13-8-11;/h9-11,13H,2-8H2,1H3,(H,14,15);1H. The van der Waals surface area contributed by atoms with Crippen LogP contribution >= 0.6 is 12.4 Å². The zero-order valence-corrected chi connectivity index (χ0v) is 10.8. The van der Waals surface area contributed by atoms with E-state index in [9.17, 15) is 4.79 Å². The summed E-state index contributed by atoms with van der Waals surface area (Å²) >= 11 is 0. The second kappa shape index (κ2) is 6.45. The van der Waals surface area contributed by atoms with Crippen molar-refractivity contribution >= 4 is 18.3 Å². The van der Waals surface area contributed by atoms with Crippen LogP contribution in [-0.2, 0) is 4.79 Å². The Morgan fingerprint density at radius 3 is 2.38 bits per heavy atom. The van der Waals surface area contributed by atoms with Crippen molar-refractivity contribution in [3.05, 3.63) is 0 Å². The fourth-order valence-corrected chi connectivity index (χ4v) is 2.57. The lowest BCUT2D eigenvalue weighted by molar-refractivity contribution is -0.127. The van der Waals surface area contributed by atoms with Gasteiger partial charge in [0.1, 0.15) is 0 Å². The molecule has 1 saturated heterocycles. The number of halogens is 1. The number of nitrogens with one attached hydrogen (secondary N) is 2. The van der Waals surface area contributed by atoms with Crippen LogP contribution in [0.25, 0.3) is 0 Å². The third kappa shape index (κ3) is 3.36. The van der Waals surface area contributed by atoms with Crippen LogP contribution in [0, 0.1) is 11.8 Å². The molecule has 2 fully saturated rings. The summed E-state index contributed by atoms with van der Waals surface area (Å²) < 4.78 is 0. The first-order valence-corrected chi connectivity index (χ1v) is 6.28. The summed E-state index contributed by atoms with van der Waals surface area (Å²) in [5.74, 6) is 1.21. The van der Waals surface area contributed by atoms with Gasteiger partial charge < -0.3 is 10.6 Å². The van der Waals surface area contributed by atoms with E-state index in [2.05, 4.69) is 17.6 Å². The normalized spacial score (nSPS) is 24.1. The van der Waals surface area contributed by atoms with Gasteiger partial charge in [0.25, 0.3) is 0 Å². The van der Waals surface area contributed by atoms with Crippen molar-refractivity contribution in [2.75, 3.05) is 13.1 Å². The summed E-state index contributed by atoms with van der Waals surface area (Å²) in [6.45, 7) is 3.90. The molecule has 1 atom stereocenters. The monoisotopic (exact) mass is 246 g/mol. The Morgan fingerprint density at radius 1 is 1.25 bits per heavy atom. The topological polar surface area (TPSA) is 41.1 Å². The van der Waals surface area contributed by atoms with Crippen LogP contribution in [0.3, 0.4) is 0 Å². The van der Waals surface area contributed by atoms with E-state index in [1.54, 1.807) is 0 Å². The summed E-state index contributed by atoms with van der Waals surface area (Å²) in [6.07, 6.45) is 6.66. The Labute approximate surface area is 104 Å². The van der Waals surface area contributed by atoms with Crippen LogP contribution < -0.4 is 10.6 Å². The minimum absolute atomic E-state index is 0. The molecule has 0 aromatic heterocycles. The Hall–Kier alpha value is -0.280. The third-order valence-electron chi connectivity index (χ3n) is 3.88. The van der Waals surface area contributed by atoms with E-state index in [4.69, 9.17) is 0 Å². The maximum absolute atomic E-state index is 11.7. The minimum Gasteiger partial charge on any atom is -0.353 e. The van der Waals surface area contributed by atoms with Gasteiger partial charge in [-0.1, -0.05) is 19.3 Å². The van der Waals surface area contributed by atoms with E-state index in [0.29, 0.717) is 6.04 Å². The van der Waals surface area contributed by atoms with Gasteiger partial charge in [-0.15, -0.1) is 12.4 Å². The molecule has 0 aromatic rings. The van der Waals surface area contributed by atoms with Crippen LogP contribution in [0.2, 0.25) is 0 Å². The predicted octanol–water partition coefficient (Wildman–Crippen LogP) is 1.71. The second-order valence-electron chi connectivity index (χ2n) is 5.05. The average Bonchev–Trinajstić information content (AvgIpc) is 2.16. The lowest BCUT2D eigenvalue weighted by Crippen LogP contribution is -2.53. The maximum Gasteiger partial charge on any atom is 0.225 e. The SMILES string of the molecule is CC(NC(=O)C1CNC1)C1CCCCC1.Cl. The largest absolute Gasteiger partial charge is 0.353 e. The molecule has 4 heteroatoms. The fraction of sp³-hybridized carbons (Fsp3) is 0.917. The van der Waals surface area contributed by atoms with Crippen LogP contribution in [0.1, 0.15) is 39.0 Å². The summed E-state index contributed by atoms with van der Waals surface area (Å²) in [7, 11) is 0. The highest BCUT2D eigenvalue weighted by Crippen LogP contribution is 2.26. The molecule has 2 N–H and O–H groups in total. The van der Waals surface area contributed by atoms with Gasteiger partial charge in [-0.25, -0.2) is 0 Å². The molecule has 16 heavy (non-hydrogen) atoms. The average molecular weight is 247 g/mol. The molecule has 1 aliphatic carbocycles. The van der Waals surface area contributed by atoms with Gasteiger partial charge in [0.2, 0.25) is 5.91 Å². The molecule has 1 amide bonds. The minimum atomic E-state index is 0. The third-order valence-corrected chi connectivity index (χ3v) is 3.88. The summed E-state index contributed by atoms with van der Waals surface area (Å²) in [5, 5.41) is 6.31. The fourth-order valence-electron chi connectivity index (χ4n) is 2.57. The molecule has 3 nitrogen and oxygen atoms in total. The molecule has 2 aliphatic rings. The van der Waals surface area contributed by atoms with Crippen molar-refractivity contribution in [2.24, 2.45) is 11.8 Å². The molecule has 0 bridgehead atoms. The maximum atomic E-state index is 11.7. The molecular formula is C12H23ClN2O. The van der Waals surface area contributed by atoms with E-state index < -0.39 is 0 Å². The van der Waals surface area contributed by atoms with Crippen molar-refractivity contribution in [3.63, 3.8) is 0 Å². The quantitative estimate of drug-likeness (QED) is 0.796. The molecule has 1 unspecified atom stereocenters. The smallest absolute Gasteiger partial charge is 0.225 e. The van der Waals surface area contributed by atoms with Gasteiger partial charge in [0.15, 0.2) is 0 Å². The van der Waals surface area contributed by atoms with Crippen molar-refractivity contribution in [2.45, 2.75) is 45.1 Å². The Kier molecular flexibility index (Phi) is 5.56. The van der Waals surface area contributed by atoms with Crippen LogP contribution in [0.4, 0.5) is 0 Å². The van der Waals surface area contributed by atoms with E-state index in [1.807, 2.05) is 0 Å². The van der Waals surface area contributed by atoms with E-state index >= 15 is 0 Å². The van der Waals surface area contributed by atoms with Gasteiger partial charge >= 0.3 is 0 Å². The number of hydrogen-bond acceptors (Lipinski definition) is 2. The number of rotatable bonds is 3. The summed E-state index contributed by atoms with van der Waals surface area (Å²) in [4.78, 5) is 11.7. The van der Waals surface area contributed by atoms with Gasteiger partial charge in [0.05, 0.1) is 5.92 Å². The Balaban J connectivity index is 0.00000128. The zero-order valence-electron chi connectivity index (χ0n) is 10.00. The van der Waals surface area contributed by atoms with Gasteiger partial charge in [-0.3, -0.25) is 4.79 Å². The molecular weight excluding hydrogens is 224 g/mol.